The van der Waals surface area contributed by atoms with Crippen LogP contribution in [0.1, 0.15) is 33.4 Å². The lowest BCUT2D eigenvalue weighted by atomic mass is 9.12. The van der Waals surface area contributed by atoms with Crippen LogP contribution in [0.4, 0.5) is 87.8 Å². The molecule has 53 heavy (non-hydrogen) atoms. The van der Waals surface area contributed by atoms with Crippen LogP contribution in [0.25, 0.3) is 0 Å². The molecule has 0 fully saturated rings. The molecule has 0 aliphatic carbocycles. The Kier molecular flexibility index (Phi) is 10.4. The van der Waals surface area contributed by atoms with E-state index in [-0.39, 0.29) is 0 Å². The molecule has 288 valence electrons. The lowest BCUT2D eigenvalue weighted by Gasteiger charge is -2.45. The lowest BCUT2D eigenvalue weighted by molar-refractivity contribution is -0.144. The molecule has 0 spiro atoms. The molecule has 0 radical (unpaired) electrons. The zero-order valence-electron chi connectivity index (χ0n) is 24.9. The highest BCUT2D eigenvalue weighted by Crippen LogP contribution is 2.39. The number of halogens is 20. The van der Waals surface area contributed by atoms with Crippen molar-refractivity contribution in [3.05, 3.63) is 116 Å². The Hall–Kier alpha value is -4.54. The van der Waals surface area contributed by atoms with Crippen molar-refractivity contribution in [2.75, 3.05) is 0 Å². The van der Waals surface area contributed by atoms with Gasteiger partial charge in [0, 0.05) is 0 Å². The normalized spacial score (nSPS) is 13.2. The van der Waals surface area contributed by atoms with Crippen molar-refractivity contribution < 1.29 is 98.0 Å². The quantitative estimate of drug-likeness (QED) is 0.123. The van der Waals surface area contributed by atoms with Crippen molar-refractivity contribution >= 4 is 28.0 Å². The molecule has 0 amide bonds. The van der Waals surface area contributed by atoms with Crippen LogP contribution in [0.2, 0.25) is 0 Å². The van der Waals surface area contributed by atoms with Crippen LogP contribution in [0.15, 0.2) is 36.4 Å². The first kappa shape index (κ1) is 41.2. The minimum Gasteiger partial charge on any atom is -0.391 e. The molecule has 4 aromatic carbocycles. The van der Waals surface area contributed by atoms with Gasteiger partial charge in [-0.2, -0.15) is 63.6 Å². The number of benzene rings is 4. The second kappa shape index (κ2) is 13.4. The monoisotopic (exact) mass is 795 g/mol. The topological polar surface area (TPSA) is 40.5 Å². The third kappa shape index (κ3) is 6.87. The number of alkyl halides is 12. The predicted octanol–water partition coefficient (Wildman–Crippen LogP) is 7.24. The van der Waals surface area contributed by atoms with Crippen molar-refractivity contribution in [2.45, 2.75) is 37.9 Å². The molecule has 4 rings (SSSR count). The summed E-state index contributed by atoms with van der Waals surface area (Å²) in [4.78, 5) is 0. The first-order valence-electron chi connectivity index (χ1n) is 13.7. The predicted molar refractivity (Wildman–Crippen MR) is 142 cm³/mol. The molecule has 0 bridgehead atoms. The number of rotatable bonds is 6. The van der Waals surface area contributed by atoms with Crippen molar-refractivity contribution in [3.8, 4) is 0 Å². The first-order chi connectivity index (χ1) is 24.1. The molecule has 2 N–H and O–H groups in total. The van der Waals surface area contributed by atoms with E-state index < -0.39 is 182 Å². The number of aliphatic hydroxyl groups is 2. The van der Waals surface area contributed by atoms with Gasteiger partial charge in [0.25, 0.3) is 0 Å². The molecule has 0 atom stereocenters. The highest BCUT2D eigenvalue weighted by atomic mass is 19.4. The zero-order valence-corrected chi connectivity index (χ0v) is 24.9. The van der Waals surface area contributed by atoms with Gasteiger partial charge >= 0.3 is 24.7 Å². The molecule has 0 saturated heterocycles. The smallest absolute Gasteiger partial charge is 0.391 e. The fourth-order valence-corrected chi connectivity index (χ4v) is 5.89. The number of hydrogen-bond acceptors (Lipinski definition) is 2. The summed E-state index contributed by atoms with van der Waals surface area (Å²) in [5, 5.41) is 18.5. The Morgan fingerprint density at radius 3 is 0.736 bits per heavy atom. The van der Waals surface area contributed by atoms with Gasteiger partial charge in [0.05, 0.1) is 46.6 Å². The summed E-state index contributed by atoms with van der Waals surface area (Å²) >= 11 is 0. The second-order valence-corrected chi connectivity index (χ2v) is 11.2. The molecule has 0 aromatic heterocycles. The van der Waals surface area contributed by atoms with Crippen LogP contribution < -0.4 is 21.9 Å². The van der Waals surface area contributed by atoms with Gasteiger partial charge in [0.15, 0.2) is 23.3 Å². The molecule has 4 aromatic rings. The summed E-state index contributed by atoms with van der Waals surface area (Å²) in [5.74, 6) is -24.7. The SMILES string of the molecule is OCc1c(F)c(F)c([B-](c2cc(C(F)(F)F)cc(C(F)(F)F)c2)(c2cc(C(F)(F)F)cc(C(F)(F)F)c2)c2c(F)c(F)c(CO)c(F)c2F)c(F)c1F. The third-order valence-electron chi connectivity index (χ3n) is 8.18. The average molecular weight is 795 g/mol. The molecular formula is C30H12BF20O2-. The van der Waals surface area contributed by atoms with Gasteiger partial charge in [-0.05, 0) is 12.1 Å². The average Bonchev–Trinajstić information content (AvgIpc) is 3.04. The summed E-state index contributed by atoms with van der Waals surface area (Å²) < 4.78 is 295. The zero-order chi connectivity index (χ0) is 40.5. The molecule has 23 heteroatoms. The van der Waals surface area contributed by atoms with E-state index >= 15 is 35.1 Å². The highest BCUT2D eigenvalue weighted by molar-refractivity contribution is 7.20. The Labute approximate surface area is 280 Å². The van der Waals surface area contributed by atoms with Crippen molar-refractivity contribution in [2.24, 2.45) is 0 Å². The van der Waals surface area contributed by atoms with E-state index in [9.17, 15) is 62.9 Å². The number of hydrogen-bond donors (Lipinski definition) is 2. The van der Waals surface area contributed by atoms with Gasteiger partial charge in [-0.3, -0.25) is 0 Å². The Morgan fingerprint density at radius 1 is 0.358 bits per heavy atom. The van der Waals surface area contributed by atoms with Gasteiger partial charge in [-0.25, -0.2) is 35.1 Å². The van der Waals surface area contributed by atoms with E-state index in [1.54, 1.807) is 0 Å². The maximum Gasteiger partial charge on any atom is 0.416 e. The summed E-state index contributed by atoms with van der Waals surface area (Å²) in [7, 11) is 0. The minimum atomic E-state index is -6.35. The molecule has 0 aliphatic heterocycles. The van der Waals surface area contributed by atoms with E-state index in [1.165, 1.54) is 0 Å². The fraction of sp³-hybridized carbons (Fsp3) is 0.200. The molecule has 0 aliphatic rings. The van der Waals surface area contributed by atoms with Crippen molar-refractivity contribution in [1.82, 2.24) is 0 Å². The number of aliphatic hydroxyl groups excluding tert-OH is 2. The first-order valence-corrected chi connectivity index (χ1v) is 13.7. The van der Waals surface area contributed by atoms with Crippen LogP contribution in [0.3, 0.4) is 0 Å². The third-order valence-corrected chi connectivity index (χ3v) is 8.18. The van der Waals surface area contributed by atoms with Gasteiger partial charge in [-0.15, -0.1) is 10.9 Å². The largest absolute Gasteiger partial charge is 0.416 e. The molecule has 0 saturated carbocycles. The minimum absolute atomic E-state index is 0.800. The summed E-state index contributed by atoms with van der Waals surface area (Å²) in [5.41, 5.74) is -26.0. The Balaban J connectivity index is 2.64. The van der Waals surface area contributed by atoms with E-state index in [4.69, 9.17) is 0 Å². The molecule has 0 heterocycles. The summed E-state index contributed by atoms with van der Waals surface area (Å²) in [6.45, 7) is -4.15. The van der Waals surface area contributed by atoms with Crippen LogP contribution in [0, 0.1) is 46.5 Å². The standard InChI is InChI=1S/C30H12BF20O2/c32-19-15(7-52)20(33)24(37)17(23(19)36)31(18-25(38)21(34)16(8-53)22(35)26(18)39,13-3-9(27(40,41)42)1-10(4-13)28(43,44)45)14-5-11(29(46,47)48)2-12(6-14)30(49,50)51/h1-6,52-53H,7-8H2/q-1. The maximum absolute atomic E-state index is 16.2. The van der Waals surface area contributed by atoms with E-state index in [2.05, 4.69) is 0 Å². The van der Waals surface area contributed by atoms with Crippen LogP contribution in [-0.2, 0) is 37.9 Å². The second-order valence-electron chi connectivity index (χ2n) is 11.2. The van der Waals surface area contributed by atoms with E-state index in [0.717, 1.165) is 0 Å². The molecule has 0 unspecified atom stereocenters. The Morgan fingerprint density at radius 2 is 0.566 bits per heavy atom. The lowest BCUT2D eigenvalue weighted by Crippen LogP contribution is -2.78. The van der Waals surface area contributed by atoms with E-state index in [1.807, 2.05) is 0 Å². The van der Waals surface area contributed by atoms with E-state index in [0.29, 0.717) is 0 Å². The van der Waals surface area contributed by atoms with Gasteiger partial charge in [0.2, 0.25) is 0 Å². The summed E-state index contributed by atoms with van der Waals surface area (Å²) in [6.07, 6.45) is -30.8. The molecular weight excluding hydrogens is 783 g/mol. The van der Waals surface area contributed by atoms with Crippen LogP contribution in [-0.4, -0.2) is 16.4 Å². The van der Waals surface area contributed by atoms with Gasteiger partial charge in [-0.1, -0.05) is 24.3 Å². The fourth-order valence-electron chi connectivity index (χ4n) is 5.89. The van der Waals surface area contributed by atoms with Crippen molar-refractivity contribution in [3.63, 3.8) is 0 Å². The Bertz CT molecular complexity index is 1830. The van der Waals surface area contributed by atoms with Crippen LogP contribution >= 0.6 is 0 Å². The maximum atomic E-state index is 16.2. The van der Waals surface area contributed by atoms with Crippen molar-refractivity contribution in [1.29, 1.82) is 0 Å². The van der Waals surface area contributed by atoms with Gasteiger partial charge < -0.3 is 10.2 Å². The van der Waals surface area contributed by atoms with Gasteiger partial charge in [0.1, 0.15) is 29.4 Å². The molecule has 2 nitrogen and oxygen atoms in total. The summed E-state index contributed by atoms with van der Waals surface area (Å²) in [6, 6.07) is -4.86. The highest BCUT2D eigenvalue weighted by Gasteiger charge is 2.48. The van der Waals surface area contributed by atoms with Crippen LogP contribution in [0.5, 0.6) is 0 Å².